The summed E-state index contributed by atoms with van der Waals surface area (Å²) < 4.78 is 1.12. The molecule has 0 aliphatic heterocycles. The third-order valence-corrected chi connectivity index (χ3v) is 7.41. The van der Waals surface area contributed by atoms with Crippen molar-refractivity contribution in [2.45, 2.75) is 5.41 Å². The van der Waals surface area contributed by atoms with Crippen molar-refractivity contribution >= 4 is 26.7 Å². The zero-order valence-corrected chi connectivity index (χ0v) is 17.8. The van der Waals surface area contributed by atoms with E-state index in [0.717, 1.165) is 4.47 Å². The normalized spacial score (nSPS) is 14.4. The monoisotopic (exact) mass is 444 g/mol. The van der Waals surface area contributed by atoms with E-state index in [1.165, 1.54) is 55.3 Å². The molecule has 5 aromatic rings. The second-order valence-electron chi connectivity index (χ2n) is 8.28. The van der Waals surface area contributed by atoms with Gasteiger partial charge in [-0.25, -0.2) is 0 Å². The lowest BCUT2D eigenvalue weighted by Crippen LogP contribution is -2.25. The largest absolute Gasteiger partial charge is 0.0725 e. The van der Waals surface area contributed by atoms with Crippen LogP contribution in [-0.2, 0) is 5.41 Å². The Kier molecular flexibility index (Phi) is 3.16. The topological polar surface area (TPSA) is 0 Å². The Bertz CT molecular complexity index is 1460. The van der Waals surface area contributed by atoms with Gasteiger partial charge in [-0.05, 0) is 79.5 Å². The van der Waals surface area contributed by atoms with Crippen LogP contribution < -0.4 is 0 Å². The molecule has 0 amide bonds. The lowest BCUT2D eigenvalue weighted by Gasteiger charge is -2.30. The van der Waals surface area contributed by atoms with Crippen LogP contribution in [0, 0.1) is 0 Å². The second kappa shape index (κ2) is 5.71. The Morgan fingerprint density at radius 2 is 0.967 bits per heavy atom. The Morgan fingerprint density at radius 1 is 0.433 bits per heavy atom. The molecule has 30 heavy (non-hydrogen) atoms. The van der Waals surface area contributed by atoms with E-state index in [-0.39, 0.29) is 5.41 Å². The van der Waals surface area contributed by atoms with Crippen LogP contribution in [0.5, 0.6) is 0 Å². The quantitative estimate of drug-likeness (QED) is 0.222. The summed E-state index contributed by atoms with van der Waals surface area (Å²) in [5.74, 6) is 0. The molecule has 5 aromatic carbocycles. The van der Waals surface area contributed by atoms with Gasteiger partial charge in [-0.1, -0.05) is 94.8 Å². The van der Waals surface area contributed by atoms with Gasteiger partial charge in [0.05, 0.1) is 5.41 Å². The van der Waals surface area contributed by atoms with E-state index in [1.54, 1.807) is 0 Å². The van der Waals surface area contributed by atoms with E-state index >= 15 is 0 Å². The molecule has 2 aliphatic rings. The van der Waals surface area contributed by atoms with E-state index in [2.05, 4.69) is 119 Å². The van der Waals surface area contributed by atoms with Gasteiger partial charge < -0.3 is 0 Å². The number of rotatable bonds is 0. The van der Waals surface area contributed by atoms with Crippen molar-refractivity contribution in [2.75, 3.05) is 0 Å². The molecule has 0 N–H and O–H groups in total. The van der Waals surface area contributed by atoms with Gasteiger partial charge in [0.2, 0.25) is 0 Å². The van der Waals surface area contributed by atoms with Gasteiger partial charge in [-0.2, -0.15) is 0 Å². The summed E-state index contributed by atoms with van der Waals surface area (Å²) in [6, 6.07) is 38.3. The molecule has 2 aliphatic carbocycles. The number of halogens is 1. The van der Waals surface area contributed by atoms with Gasteiger partial charge in [-0.15, -0.1) is 0 Å². The molecule has 140 valence electrons. The Morgan fingerprint density at radius 3 is 1.57 bits per heavy atom. The van der Waals surface area contributed by atoms with E-state index < -0.39 is 0 Å². The van der Waals surface area contributed by atoms with Gasteiger partial charge in [0.25, 0.3) is 0 Å². The zero-order chi connectivity index (χ0) is 19.9. The summed E-state index contributed by atoms with van der Waals surface area (Å²) in [7, 11) is 0. The molecule has 0 atom stereocenters. The fourth-order valence-corrected chi connectivity index (χ4v) is 6.19. The summed E-state index contributed by atoms with van der Waals surface area (Å²) in [6.45, 7) is 0. The molecule has 1 spiro atoms. The number of benzene rings is 5. The van der Waals surface area contributed by atoms with Crippen molar-refractivity contribution in [3.05, 3.63) is 130 Å². The summed E-state index contributed by atoms with van der Waals surface area (Å²) in [6.07, 6.45) is 0. The molecule has 7 rings (SSSR count). The molecule has 0 nitrogen and oxygen atoms in total. The summed E-state index contributed by atoms with van der Waals surface area (Å²) in [5.41, 5.74) is 10.7. The van der Waals surface area contributed by atoms with Gasteiger partial charge in [0, 0.05) is 4.47 Å². The molecule has 0 radical (unpaired) electrons. The average molecular weight is 445 g/mol. The predicted molar refractivity (Wildman–Crippen MR) is 128 cm³/mol. The fraction of sp³-hybridized carbons (Fsp3) is 0.0345. The van der Waals surface area contributed by atoms with Crippen LogP contribution in [-0.4, -0.2) is 0 Å². The van der Waals surface area contributed by atoms with Crippen molar-refractivity contribution in [1.29, 1.82) is 0 Å². The minimum Gasteiger partial charge on any atom is -0.0619 e. The van der Waals surface area contributed by atoms with E-state index in [4.69, 9.17) is 0 Å². The van der Waals surface area contributed by atoms with Crippen LogP contribution in [0.3, 0.4) is 0 Å². The van der Waals surface area contributed by atoms with Crippen LogP contribution >= 0.6 is 15.9 Å². The lowest BCUT2D eigenvalue weighted by atomic mass is 9.70. The molecule has 0 unspecified atom stereocenters. The average Bonchev–Trinajstić information content (AvgIpc) is 3.25. The number of fused-ring (bicyclic) bond motifs is 11. The fourth-order valence-electron chi connectivity index (χ4n) is 5.81. The highest BCUT2D eigenvalue weighted by Crippen LogP contribution is 2.62. The summed E-state index contributed by atoms with van der Waals surface area (Å²) in [4.78, 5) is 0. The summed E-state index contributed by atoms with van der Waals surface area (Å²) in [5, 5.41) is 2.56. The first-order chi connectivity index (χ1) is 14.8. The van der Waals surface area contributed by atoms with E-state index in [0.29, 0.717) is 0 Å². The molecular formula is C29H17Br. The predicted octanol–water partition coefficient (Wildman–Crippen LogP) is 7.95. The third-order valence-electron chi connectivity index (χ3n) is 6.92. The van der Waals surface area contributed by atoms with Crippen molar-refractivity contribution in [3.63, 3.8) is 0 Å². The van der Waals surface area contributed by atoms with Crippen molar-refractivity contribution in [3.8, 4) is 22.3 Å². The van der Waals surface area contributed by atoms with Crippen molar-refractivity contribution in [1.82, 2.24) is 0 Å². The Hall–Kier alpha value is -3.16. The smallest absolute Gasteiger partial charge is 0.0619 e. The first-order valence-electron chi connectivity index (χ1n) is 10.3. The zero-order valence-electron chi connectivity index (χ0n) is 16.2. The van der Waals surface area contributed by atoms with Crippen LogP contribution in [0.2, 0.25) is 0 Å². The number of hydrogen-bond donors (Lipinski definition) is 0. The first-order valence-corrected chi connectivity index (χ1v) is 11.1. The highest BCUT2D eigenvalue weighted by Gasteiger charge is 2.51. The molecule has 0 aromatic heterocycles. The van der Waals surface area contributed by atoms with Crippen molar-refractivity contribution < 1.29 is 0 Å². The lowest BCUT2D eigenvalue weighted by molar-refractivity contribution is 0.795. The molecule has 0 fully saturated rings. The SMILES string of the molecule is Brc1ccc2cc3c(cc2c1)-c1ccccc1C31c2ccccc2-c2ccccc21. The minimum atomic E-state index is -0.250. The van der Waals surface area contributed by atoms with Gasteiger partial charge >= 0.3 is 0 Å². The summed E-state index contributed by atoms with van der Waals surface area (Å²) >= 11 is 3.65. The molecule has 0 bridgehead atoms. The van der Waals surface area contributed by atoms with E-state index in [9.17, 15) is 0 Å². The van der Waals surface area contributed by atoms with Gasteiger partial charge in [0.15, 0.2) is 0 Å². The Labute approximate surface area is 184 Å². The third kappa shape index (κ3) is 1.87. The highest BCUT2D eigenvalue weighted by molar-refractivity contribution is 9.10. The number of hydrogen-bond acceptors (Lipinski definition) is 0. The standard InChI is InChI=1S/C29H17Br/c30-20-14-13-18-17-28-24(16-19(18)15-20)23-9-3-6-12-27(23)29(28)25-10-4-1-7-21(25)22-8-2-5-11-26(22)29/h1-17H. The van der Waals surface area contributed by atoms with Gasteiger partial charge in [-0.3, -0.25) is 0 Å². The highest BCUT2D eigenvalue weighted by atomic mass is 79.9. The molecule has 0 heterocycles. The maximum absolute atomic E-state index is 3.65. The van der Waals surface area contributed by atoms with Crippen LogP contribution in [0.1, 0.15) is 22.3 Å². The van der Waals surface area contributed by atoms with Crippen LogP contribution in [0.15, 0.2) is 108 Å². The maximum atomic E-state index is 3.65. The maximum Gasteiger partial charge on any atom is 0.0725 e. The van der Waals surface area contributed by atoms with Crippen LogP contribution in [0.4, 0.5) is 0 Å². The Balaban J connectivity index is 1.72. The second-order valence-corrected chi connectivity index (χ2v) is 9.19. The van der Waals surface area contributed by atoms with Gasteiger partial charge in [0.1, 0.15) is 0 Å². The molecule has 0 saturated carbocycles. The molecular weight excluding hydrogens is 428 g/mol. The van der Waals surface area contributed by atoms with Crippen LogP contribution in [0.25, 0.3) is 33.0 Å². The van der Waals surface area contributed by atoms with Crippen molar-refractivity contribution in [2.24, 2.45) is 0 Å². The molecule has 1 heteroatoms. The minimum absolute atomic E-state index is 0.250. The molecule has 0 saturated heterocycles. The first kappa shape index (κ1) is 16.6. The van der Waals surface area contributed by atoms with E-state index in [1.807, 2.05) is 0 Å².